The molecule has 0 radical (unpaired) electrons. The fourth-order valence-corrected chi connectivity index (χ4v) is 2.77. The van der Waals surface area contributed by atoms with Gasteiger partial charge in [0.05, 0.1) is 12.7 Å². The van der Waals surface area contributed by atoms with E-state index in [1.807, 2.05) is 39.0 Å². The number of methoxy groups -OCH3 is 1. The van der Waals surface area contributed by atoms with Gasteiger partial charge < -0.3 is 4.74 Å². The molecule has 5 nitrogen and oxygen atoms in total. The Hall–Kier alpha value is -2.10. The molecule has 0 aliphatic rings. The van der Waals surface area contributed by atoms with Gasteiger partial charge in [0.2, 0.25) is 0 Å². The van der Waals surface area contributed by atoms with Gasteiger partial charge in [0.1, 0.15) is 11.4 Å². The maximum Gasteiger partial charge on any atom is 0.723 e. The zero-order valence-electron chi connectivity index (χ0n) is 13.7. The number of rotatable bonds is 6. The highest BCUT2D eigenvalue weighted by Crippen LogP contribution is 2.38. The van der Waals surface area contributed by atoms with Gasteiger partial charge in [-0.25, -0.2) is 9.36 Å². The fourth-order valence-electron chi connectivity index (χ4n) is 1.76. The van der Waals surface area contributed by atoms with Crippen LogP contribution in [0.4, 0.5) is 5.69 Å². The number of hydrogen-bond donors (Lipinski definition) is 0. The maximum atomic E-state index is 12.6. The summed E-state index contributed by atoms with van der Waals surface area (Å²) < 4.78 is 23.3. The Morgan fingerprint density at radius 3 is 2.04 bits per heavy atom. The zero-order chi connectivity index (χ0) is 16.9. The normalized spacial score (nSPS) is 11.7. The molecular weight excluding hydrogens is 313 g/mol. The van der Waals surface area contributed by atoms with E-state index in [-0.39, 0.29) is 0 Å². The van der Waals surface area contributed by atoms with Gasteiger partial charge in [-0.2, -0.15) is 0 Å². The Labute approximate surface area is 137 Å². The molecule has 6 heteroatoms. The van der Waals surface area contributed by atoms with Crippen LogP contribution in [0, 0.1) is 0 Å². The van der Waals surface area contributed by atoms with Crippen molar-refractivity contribution >= 4 is 13.9 Å². The molecule has 122 valence electrons. The Bertz CT molecular complexity index is 638. The minimum atomic E-state index is -2.25. The van der Waals surface area contributed by atoms with Crippen LogP contribution in [0.1, 0.15) is 20.8 Å². The summed E-state index contributed by atoms with van der Waals surface area (Å²) in [7, 11) is -0.660. The van der Waals surface area contributed by atoms with Crippen molar-refractivity contribution in [2.24, 2.45) is 0 Å². The number of hydrogen-bond acceptors (Lipinski definition) is 4. The van der Waals surface area contributed by atoms with Crippen molar-refractivity contribution in [1.82, 2.24) is 0 Å². The maximum absolute atomic E-state index is 12.6. The third kappa shape index (κ3) is 5.23. The highest BCUT2D eigenvalue weighted by atomic mass is 31.1. The predicted octanol–water partition coefficient (Wildman–Crippen LogP) is 4.97. The SMILES string of the molecule is COc1ccc(N(OC(C)(C)C)[P+](=O)Oc2ccccc2)cc1. The zero-order valence-corrected chi connectivity index (χ0v) is 14.6. The molecule has 2 aromatic carbocycles. The average Bonchev–Trinajstić information content (AvgIpc) is 2.53. The van der Waals surface area contributed by atoms with Crippen molar-refractivity contribution in [3.05, 3.63) is 54.6 Å². The molecular formula is C17H21NO4P+. The molecule has 0 spiro atoms. The summed E-state index contributed by atoms with van der Waals surface area (Å²) in [4.78, 5) is 7.11. The average molecular weight is 334 g/mol. The van der Waals surface area contributed by atoms with Gasteiger partial charge in [-0.05, 0) is 57.2 Å². The minimum absolute atomic E-state index is 0.518. The minimum Gasteiger partial charge on any atom is -0.497 e. The van der Waals surface area contributed by atoms with Crippen LogP contribution in [0.3, 0.4) is 0 Å². The molecule has 0 heterocycles. The quantitative estimate of drug-likeness (QED) is 0.551. The summed E-state index contributed by atoms with van der Waals surface area (Å²) >= 11 is 0. The smallest absolute Gasteiger partial charge is 0.497 e. The van der Waals surface area contributed by atoms with Crippen LogP contribution < -0.4 is 14.1 Å². The lowest BCUT2D eigenvalue weighted by atomic mass is 10.2. The van der Waals surface area contributed by atoms with Gasteiger partial charge in [-0.3, -0.25) is 0 Å². The highest BCUT2D eigenvalue weighted by molar-refractivity contribution is 7.41. The van der Waals surface area contributed by atoms with E-state index < -0.39 is 13.8 Å². The molecule has 0 saturated carbocycles. The summed E-state index contributed by atoms with van der Waals surface area (Å²) in [6.45, 7) is 5.65. The van der Waals surface area contributed by atoms with Crippen molar-refractivity contribution in [3.63, 3.8) is 0 Å². The molecule has 0 amide bonds. The van der Waals surface area contributed by atoms with Gasteiger partial charge in [-0.1, -0.05) is 18.2 Å². The molecule has 0 aliphatic heterocycles. The third-order valence-corrected chi connectivity index (χ3v) is 3.70. The Balaban J connectivity index is 2.23. The summed E-state index contributed by atoms with van der Waals surface area (Å²) in [5.41, 5.74) is 0.100. The van der Waals surface area contributed by atoms with Gasteiger partial charge in [-0.15, -0.1) is 0 Å². The number of benzene rings is 2. The van der Waals surface area contributed by atoms with Crippen molar-refractivity contribution in [2.45, 2.75) is 26.4 Å². The van der Waals surface area contributed by atoms with Crippen LogP contribution in [-0.4, -0.2) is 12.7 Å². The number of nitrogens with zero attached hydrogens (tertiary/aromatic N) is 1. The van der Waals surface area contributed by atoms with Crippen LogP contribution in [0.25, 0.3) is 0 Å². The first-order valence-electron chi connectivity index (χ1n) is 7.22. The van der Waals surface area contributed by atoms with E-state index in [1.54, 1.807) is 43.5 Å². The van der Waals surface area contributed by atoms with Gasteiger partial charge in [0, 0.05) is 9.40 Å². The molecule has 2 aromatic rings. The lowest BCUT2D eigenvalue weighted by molar-refractivity contribution is 0.00452. The van der Waals surface area contributed by atoms with Crippen molar-refractivity contribution in [3.8, 4) is 11.5 Å². The topological polar surface area (TPSA) is 48.0 Å². The fraction of sp³-hybridized carbons (Fsp3) is 0.294. The molecule has 0 aromatic heterocycles. The summed E-state index contributed by atoms with van der Waals surface area (Å²) in [5, 5.41) is 0. The van der Waals surface area contributed by atoms with Crippen molar-refractivity contribution in [2.75, 3.05) is 11.9 Å². The van der Waals surface area contributed by atoms with E-state index >= 15 is 0 Å². The van der Waals surface area contributed by atoms with Crippen LogP contribution in [0.15, 0.2) is 54.6 Å². The monoisotopic (exact) mass is 334 g/mol. The van der Waals surface area contributed by atoms with Crippen LogP contribution in [0.2, 0.25) is 0 Å². The lowest BCUT2D eigenvalue weighted by Gasteiger charge is -2.22. The molecule has 1 unspecified atom stereocenters. The van der Waals surface area contributed by atoms with E-state index in [4.69, 9.17) is 14.1 Å². The van der Waals surface area contributed by atoms with Crippen LogP contribution in [0.5, 0.6) is 11.5 Å². The first-order valence-corrected chi connectivity index (χ1v) is 8.35. The lowest BCUT2D eigenvalue weighted by Crippen LogP contribution is -2.30. The van der Waals surface area contributed by atoms with Gasteiger partial charge >= 0.3 is 8.18 Å². The number of ether oxygens (including phenoxy) is 1. The summed E-state index contributed by atoms with van der Waals surface area (Å²) in [5.74, 6) is 1.23. The number of anilines is 1. The van der Waals surface area contributed by atoms with Gasteiger partial charge in [0.15, 0.2) is 5.75 Å². The highest BCUT2D eigenvalue weighted by Gasteiger charge is 2.37. The van der Waals surface area contributed by atoms with E-state index in [9.17, 15) is 4.57 Å². The summed E-state index contributed by atoms with van der Waals surface area (Å²) in [6.07, 6.45) is 0. The predicted molar refractivity (Wildman–Crippen MR) is 91.0 cm³/mol. The molecule has 0 N–H and O–H groups in total. The molecule has 0 saturated heterocycles. The van der Waals surface area contributed by atoms with E-state index in [0.717, 1.165) is 0 Å². The standard InChI is InChI=1S/C17H21NO4P/c1-17(2,3)22-18(14-10-12-15(20-4)13-11-14)23(19)21-16-8-6-5-7-9-16/h5-13H,1-4H3/q+1. The molecule has 1 atom stereocenters. The Morgan fingerprint density at radius 1 is 0.913 bits per heavy atom. The Morgan fingerprint density at radius 2 is 1.52 bits per heavy atom. The second-order valence-electron chi connectivity index (χ2n) is 5.82. The van der Waals surface area contributed by atoms with Crippen LogP contribution >= 0.6 is 8.18 Å². The van der Waals surface area contributed by atoms with E-state index in [2.05, 4.69) is 0 Å². The molecule has 0 fully saturated rings. The molecule has 23 heavy (non-hydrogen) atoms. The first-order chi connectivity index (χ1) is 10.9. The van der Waals surface area contributed by atoms with Gasteiger partial charge in [0.25, 0.3) is 0 Å². The first kappa shape index (κ1) is 17.3. The Kier molecular flexibility index (Phi) is 5.59. The second-order valence-corrected chi connectivity index (χ2v) is 6.84. The van der Waals surface area contributed by atoms with E-state index in [1.165, 1.54) is 4.83 Å². The third-order valence-electron chi connectivity index (χ3n) is 2.73. The number of para-hydroxylation sites is 1. The molecule has 2 rings (SSSR count). The van der Waals surface area contributed by atoms with E-state index in [0.29, 0.717) is 17.2 Å². The summed E-state index contributed by atoms with van der Waals surface area (Å²) in [6, 6.07) is 16.1. The van der Waals surface area contributed by atoms with Crippen molar-refractivity contribution in [1.29, 1.82) is 0 Å². The largest absolute Gasteiger partial charge is 0.723 e. The second kappa shape index (κ2) is 7.44. The molecule has 0 bridgehead atoms. The molecule has 0 aliphatic carbocycles. The van der Waals surface area contributed by atoms with Crippen LogP contribution in [-0.2, 0) is 9.40 Å². The van der Waals surface area contributed by atoms with Crippen molar-refractivity contribution < 1.29 is 18.7 Å².